The van der Waals surface area contributed by atoms with Gasteiger partial charge in [0.05, 0.1) is 22.7 Å². The number of benzene rings is 1. The largest absolute Gasteiger partial charge is 0.460 e. The quantitative estimate of drug-likeness (QED) is 0.418. The number of pyridine rings is 1. The van der Waals surface area contributed by atoms with Crippen molar-refractivity contribution < 1.29 is 31.9 Å². The molecular weight excluding hydrogens is 406 g/mol. The number of nitrogens with one attached hydrogen (secondary N) is 2. The summed E-state index contributed by atoms with van der Waals surface area (Å²) in [6.45, 7) is 0.992. The number of alkyl halides is 3. The molecule has 0 fully saturated rings. The number of amides is 1. The molecule has 2 N–H and O–H groups in total. The van der Waals surface area contributed by atoms with Crippen LogP contribution in [0.15, 0.2) is 30.5 Å². The van der Waals surface area contributed by atoms with Gasteiger partial charge < -0.3 is 15.4 Å². The van der Waals surface area contributed by atoms with Crippen LogP contribution in [0.2, 0.25) is 5.02 Å². The molecule has 0 saturated carbocycles. The standard InChI is InChI=1S/C17H14ClF4N3O3/c1-9(26)25-11-2-3-14(19)12(7-11)16(27)28-5-4-23-15-13(18)6-10(8-24-15)17(20,21)22/h2-3,6-8H,4-5H2,1H3,(H,23,24)(H,25,26). The Labute approximate surface area is 161 Å². The molecule has 1 aromatic carbocycles. The molecule has 0 saturated heterocycles. The molecule has 1 heterocycles. The summed E-state index contributed by atoms with van der Waals surface area (Å²) in [7, 11) is 0. The molecule has 28 heavy (non-hydrogen) atoms. The Hall–Kier alpha value is -2.88. The summed E-state index contributed by atoms with van der Waals surface area (Å²) in [5, 5.41) is 4.77. The zero-order valence-corrected chi connectivity index (χ0v) is 15.1. The molecule has 2 aromatic rings. The molecule has 0 unspecified atom stereocenters. The third kappa shape index (κ3) is 5.81. The lowest BCUT2D eigenvalue weighted by Gasteiger charge is -2.11. The number of nitrogens with zero attached hydrogens (tertiary/aromatic N) is 1. The Bertz CT molecular complexity index is 890. The van der Waals surface area contributed by atoms with E-state index in [0.717, 1.165) is 12.1 Å². The van der Waals surface area contributed by atoms with E-state index in [0.29, 0.717) is 12.3 Å². The van der Waals surface area contributed by atoms with Crippen LogP contribution >= 0.6 is 11.6 Å². The van der Waals surface area contributed by atoms with Crippen molar-refractivity contribution in [1.82, 2.24) is 4.98 Å². The lowest BCUT2D eigenvalue weighted by Crippen LogP contribution is -2.16. The molecule has 1 amide bonds. The smallest absolute Gasteiger partial charge is 0.417 e. The monoisotopic (exact) mass is 419 g/mol. The predicted octanol–water partition coefficient (Wildman–Crippen LogP) is 4.12. The molecule has 0 aliphatic rings. The molecule has 11 heteroatoms. The van der Waals surface area contributed by atoms with Gasteiger partial charge in [-0.2, -0.15) is 13.2 Å². The Morgan fingerprint density at radius 2 is 1.96 bits per heavy atom. The molecule has 150 valence electrons. The van der Waals surface area contributed by atoms with Crippen molar-refractivity contribution in [2.75, 3.05) is 23.8 Å². The van der Waals surface area contributed by atoms with Crippen LogP contribution in [0.1, 0.15) is 22.8 Å². The summed E-state index contributed by atoms with van der Waals surface area (Å²) in [5.41, 5.74) is -1.15. The number of aromatic nitrogens is 1. The Morgan fingerprint density at radius 1 is 1.25 bits per heavy atom. The number of hydrogen-bond acceptors (Lipinski definition) is 5. The van der Waals surface area contributed by atoms with Gasteiger partial charge in [-0.05, 0) is 24.3 Å². The molecule has 0 aliphatic heterocycles. The minimum atomic E-state index is -4.57. The van der Waals surface area contributed by atoms with Crippen molar-refractivity contribution in [1.29, 1.82) is 0 Å². The zero-order valence-electron chi connectivity index (χ0n) is 14.4. The summed E-state index contributed by atoms with van der Waals surface area (Å²) in [6.07, 6.45) is -3.95. The fraction of sp³-hybridized carbons (Fsp3) is 0.235. The number of rotatable bonds is 6. The topological polar surface area (TPSA) is 80.3 Å². The van der Waals surface area contributed by atoms with Gasteiger partial charge in [-0.25, -0.2) is 14.2 Å². The van der Waals surface area contributed by atoms with Crippen molar-refractivity contribution >= 4 is 35.0 Å². The van der Waals surface area contributed by atoms with Crippen LogP contribution in [0.5, 0.6) is 0 Å². The minimum Gasteiger partial charge on any atom is -0.460 e. The summed E-state index contributed by atoms with van der Waals surface area (Å²) in [5.74, 6) is -2.22. The molecule has 1 aromatic heterocycles. The van der Waals surface area contributed by atoms with Crippen molar-refractivity contribution in [2.24, 2.45) is 0 Å². The van der Waals surface area contributed by atoms with Crippen LogP contribution in [0.4, 0.5) is 29.1 Å². The van der Waals surface area contributed by atoms with Crippen molar-refractivity contribution in [2.45, 2.75) is 13.1 Å². The van der Waals surface area contributed by atoms with Crippen LogP contribution in [0, 0.1) is 5.82 Å². The molecule has 2 rings (SSSR count). The van der Waals surface area contributed by atoms with E-state index in [1.807, 2.05) is 0 Å². The maximum absolute atomic E-state index is 13.8. The van der Waals surface area contributed by atoms with Gasteiger partial charge in [0.15, 0.2) is 0 Å². The summed E-state index contributed by atoms with van der Waals surface area (Å²) in [4.78, 5) is 26.6. The van der Waals surface area contributed by atoms with E-state index in [-0.39, 0.29) is 35.2 Å². The fourth-order valence-corrected chi connectivity index (χ4v) is 2.31. The Morgan fingerprint density at radius 3 is 2.57 bits per heavy atom. The van der Waals surface area contributed by atoms with Gasteiger partial charge in [-0.1, -0.05) is 11.6 Å². The highest BCUT2D eigenvalue weighted by Crippen LogP contribution is 2.32. The number of ether oxygens (including phenoxy) is 1. The summed E-state index contributed by atoms with van der Waals surface area (Å²) < 4.78 is 56.3. The number of hydrogen-bond donors (Lipinski definition) is 2. The molecule has 0 spiro atoms. The second kappa shape index (κ2) is 8.87. The molecular formula is C17H14ClF4N3O3. The van der Waals surface area contributed by atoms with Gasteiger partial charge in [0.1, 0.15) is 18.2 Å². The second-order valence-corrected chi connectivity index (χ2v) is 5.90. The SMILES string of the molecule is CC(=O)Nc1ccc(F)c(C(=O)OCCNc2ncc(C(F)(F)F)cc2Cl)c1. The molecule has 0 bridgehead atoms. The van der Waals surface area contributed by atoms with E-state index in [1.165, 1.54) is 13.0 Å². The third-order valence-electron chi connectivity index (χ3n) is 3.30. The Kier molecular flexibility index (Phi) is 6.79. The first kappa shape index (κ1) is 21.4. The molecule has 0 aliphatic carbocycles. The normalized spacial score (nSPS) is 11.1. The second-order valence-electron chi connectivity index (χ2n) is 5.49. The van der Waals surface area contributed by atoms with Crippen molar-refractivity contribution in [3.05, 3.63) is 52.4 Å². The third-order valence-corrected chi connectivity index (χ3v) is 3.59. The van der Waals surface area contributed by atoms with Gasteiger partial charge in [0.2, 0.25) is 5.91 Å². The number of esters is 1. The van der Waals surface area contributed by atoms with E-state index in [4.69, 9.17) is 16.3 Å². The van der Waals surface area contributed by atoms with Crippen molar-refractivity contribution in [3.8, 4) is 0 Å². The average Bonchev–Trinajstić information content (AvgIpc) is 2.60. The first-order valence-electron chi connectivity index (χ1n) is 7.79. The molecule has 0 radical (unpaired) electrons. The average molecular weight is 420 g/mol. The van der Waals surface area contributed by atoms with E-state index in [2.05, 4.69) is 15.6 Å². The highest BCUT2D eigenvalue weighted by atomic mass is 35.5. The van der Waals surface area contributed by atoms with Crippen molar-refractivity contribution in [3.63, 3.8) is 0 Å². The predicted molar refractivity (Wildman–Crippen MR) is 93.7 cm³/mol. The maximum atomic E-state index is 13.8. The minimum absolute atomic E-state index is 0.0236. The number of halogens is 5. The fourth-order valence-electron chi connectivity index (χ4n) is 2.08. The Balaban J connectivity index is 1.92. The number of anilines is 2. The van der Waals surface area contributed by atoms with Crippen LogP contribution in [-0.4, -0.2) is 30.0 Å². The van der Waals surface area contributed by atoms with Gasteiger partial charge in [-0.3, -0.25) is 4.79 Å². The van der Waals surface area contributed by atoms with E-state index in [9.17, 15) is 27.2 Å². The van der Waals surface area contributed by atoms with Gasteiger partial charge in [0.25, 0.3) is 0 Å². The highest BCUT2D eigenvalue weighted by Gasteiger charge is 2.31. The van der Waals surface area contributed by atoms with Crippen LogP contribution in [0.3, 0.4) is 0 Å². The van der Waals surface area contributed by atoms with Gasteiger partial charge in [0, 0.05) is 18.8 Å². The molecule has 6 nitrogen and oxygen atoms in total. The lowest BCUT2D eigenvalue weighted by molar-refractivity contribution is -0.137. The van der Waals surface area contributed by atoms with Gasteiger partial charge >= 0.3 is 12.1 Å². The summed E-state index contributed by atoms with van der Waals surface area (Å²) in [6, 6.07) is 4.13. The van der Waals surface area contributed by atoms with E-state index in [1.54, 1.807) is 0 Å². The van der Waals surface area contributed by atoms with Crippen LogP contribution in [-0.2, 0) is 15.7 Å². The number of carbonyl (C=O) groups excluding carboxylic acids is 2. The van der Waals surface area contributed by atoms with E-state index < -0.39 is 29.4 Å². The van der Waals surface area contributed by atoms with Gasteiger partial charge in [-0.15, -0.1) is 0 Å². The van der Waals surface area contributed by atoms with E-state index >= 15 is 0 Å². The summed E-state index contributed by atoms with van der Waals surface area (Å²) >= 11 is 5.74. The van der Waals surface area contributed by atoms with Crippen LogP contribution < -0.4 is 10.6 Å². The highest BCUT2D eigenvalue weighted by molar-refractivity contribution is 6.32. The zero-order chi connectivity index (χ0) is 20.9. The van der Waals surface area contributed by atoms with Crippen LogP contribution in [0.25, 0.3) is 0 Å². The number of carbonyl (C=O) groups is 2. The first-order valence-corrected chi connectivity index (χ1v) is 8.16. The lowest BCUT2D eigenvalue weighted by atomic mass is 10.2. The first-order chi connectivity index (χ1) is 13.1. The molecule has 0 atom stereocenters. The maximum Gasteiger partial charge on any atom is 0.417 e.